The van der Waals surface area contributed by atoms with Crippen LogP contribution in [0, 0.1) is 10.1 Å². The van der Waals surface area contributed by atoms with E-state index in [2.05, 4.69) is 10.3 Å². The van der Waals surface area contributed by atoms with Crippen LogP contribution in [-0.2, 0) is 6.54 Å². The molecule has 23 heavy (non-hydrogen) atoms. The Morgan fingerprint density at radius 2 is 1.91 bits per heavy atom. The molecule has 1 aromatic heterocycles. The van der Waals surface area contributed by atoms with Crippen molar-refractivity contribution < 1.29 is 9.72 Å². The average molecular weight is 310 g/mol. The van der Waals surface area contributed by atoms with Crippen LogP contribution in [0.15, 0.2) is 48.5 Å². The van der Waals surface area contributed by atoms with Crippen LogP contribution >= 0.6 is 0 Å². The normalized spacial score (nSPS) is 10.7. The molecule has 0 aliphatic carbocycles. The Labute approximate surface area is 131 Å². The molecule has 3 aromatic rings. The van der Waals surface area contributed by atoms with Gasteiger partial charge in [-0.25, -0.2) is 4.98 Å². The van der Waals surface area contributed by atoms with Crippen molar-refractivity contribution in [1.29, 1.82) is 0 Å². The molecule has 0 bridgehead atoms. The molecule has 0 saturated heterocycles. The predicted octanol–water partition coefficient (Wildman–Crippen LogP) is 3.22. The third-order valence-electron chi connectivity index (χ3n) is 3.54. The summed E-state index contributed by atoms with van der Waals surface area (Å²) in [7, 11) is 0. The second-order valence-corrected chi connectivity index (χ2v) is 4.90. The Hall–Kier alpha value is -3.22. The molecule has 1 heterocycles. The zero-order valence-corrected chi connectivity index (χ0v) is 12.4. The van der Waals surface area contributed by atoms with Gasteiger partial charge in [0.05, 0.1) is 16.0 Å². The van der Waals surface area contributed by atoms with E-state index in [-0.39, 0.29) is 11.3 Å². The highest BCUT2D eigenvalue weighted by Crippen LogP contribution is 2.22. The van der Waals surface area contributed by atoms with E-state index in [4.69, 9.17) is 0 Å². The van der Waals surface area contributed by atoms with Gasteiger partial charge in [0.1, 0.15) is 5.56 Å². The van der Waals surface area contributed by atoms with Gasteiger partial charge in [0, 0.05) is 12.6 Å². The van der Waals surface area contributed by atoms with Gasteiger partial charge >= 0.3 is 0 Å². The fourth-order valence-corrected chi connectivity index (χ4v) is 2.48. The molecule has 116 valence electrons. The summed E-state index contributed by atoms with van der Waals surface area (Å²) in [5.41, 5.74) is 1.43. The van der Waals surface area contributed by atoms with Gasteiger partial charge < -0.3 is 4.57 Å². The van der Waals surface area contributed by atoms with Crippen molar-refractivity contribution in [2.24, 2.45) is 0 Å². The molecule has 0 unspecified atom stereocenters. The van der Waals surface area contributed by atoms with Crippen molar-refractivity contribution in [2.75, 3.05) is 5.32 Å². The first kappa shape index (κ1) is 14.7. The summed E-state index contributed by atoms with van der Waals surface area (Å²) in [5.74, 6) is -0.181. The van der Waals surface area contributed by atoms with E-state index in [0.29, 0.717) is 12.5 Å². The van der Waals surface area contributed by atoms with E-state index in [9.17, 15) is 14.9 Å². The maximum absolute atomic E-state index is 12.4. The van der Waals surface area contributed by atoms with Crippen molar-refractivity contribution in [3.05, 3.63) is 64.2 Å². The number of amides is 1. The van der Waals surface area contributed by atoms with Crippen LogP contribution in [0.5, 0.6) is 0 Å². The van der Waals surface area contributed by atoms with E-state index in [1.807, 2.05) is 35.8 Å². The highest BCUT2D eigenvalue weighted by atomic mass is 16.6. The number of benzene rings is 2. The van der Waals surface area contributed by atoms with Crippen molar-refractivity contribution in [3.63, 3.8) is 0 Å². The zero-order valence-electron chi connectivity index (χ0n) is 12.4. The van der Waals surface area contributed by atoms with E-state index < -0.39 is 10.8 Å². The van der Waals surface area contributed by atoms with Gasteiger partial charge in [0.15, 0.2) is 0 Å². The third kappa shape index (κ3) is 2.64. The van der Waals surface area contributed by atoms with Crippen molar-refractivity contribution in [1.82, 2.24) is 9.55 Å². The molecule has 0 fully saturated rings. The number of hydrogen-bond donors (Lipinski definition) is 1. The monoisotopic (exact) mass is 310 g/mol. The summed E-state index contributed by atoms with van der Waals surface area (Å²) < 4.78 is 1.85. The quantitative estimate of drug-likeness (QED) is 0.591. The highest BCUT2D eigenvalue weighted by molar-refractivity contribution is 6.06. The molecule has 0 radical (unpaired) electrons. The lowest BCUT2D eigenvalue weighted by atomic mass is 10.1. The first-order valence-corrected chi connectivity index (χ1v) is 7.12. The minimum Gasteiger partial charge on any atom is -0.310 e. The molecular formula is C16H14N4O3. The van der Waals surface area contributed by atoms with E-state index in [1.54, 1.807) is 6.07 Å². The lowest BCUT2D eigenvalue weighted by Gasteiger charge is -2.07. The third-order valence-corrected chi connectivity index (χ3v) is 3.54. The summed E-state index contributed by atoms with van der Waals surface area (Å²) in [4.78, 5) is 27.3. The van der Waals surface area contributed by atoms with E-state index >= 15 is 0 Å². The largest absolute Gasteiger partial charge is 0.310 e. The fourth-order valence-electron chi connectivity index (χ4n) is 2.48. The lowest BCUT2D eigenvalue weighted by molar-refractivity contribution is -0.385. The predicted molar refractivity (Wildman–Crippen MR) is 86.5 cm³/mol. The standard InChI is InChI=1S/C16H14N4O3/c1-2-19-14-10-6-4-8-12(14)17-16(19)18-15(21)11-7-3-5-9-13(11)20(22)23/h3-10H,2H2,1H3,(H,17,18,21). The average Bonchev–Trinajstić information content (AvgIpc) is 2.91. The number of hydrogen-bond acceptors (Lipinski definition) is 4. The van der Waals surface area contributed by atoms with Gasteiger partial charge in [-0.3, -0.25) is 20.2 Å². The maximum atomic E-state index is 12.4. The molecule has 0 atom stereocenters. The molecule has 3 rings (SSSR count). The molecule has 2 aromatic carbocycles. The van der Waals surface area contributed by atoms with Crippen molar-refractivity contribution >= 4 is 28.6 Å². The van der Waals surface area contributed by atoms with E-state index in [1.165, 1.54) is 18.2 Å². The number of para-hydroxylation sites is 3. The first-order chi connectivity index (χ1) is 11.1. The topological polar surface area (TPSA) is 90.1 Å². The Kier molecular flexibility index (Phi) is 3.76. The fraction of sp³-hybridized carbons (Fsp3) is 0.125. The summed E-state index contributed by atoms with van der Waals surface area (Å²) in [6.45, 7) is 2.56. The Morgan fingerprint density at radius 3 is 2.65 bits per heavy atom. The SMILES string of the molecule is CCn1c(NC(=O)c2ccccc2[N+](=O)[O-])nc2ccccc21. The second-order valence-electron chi connectivity index (χ2n) is 4.90. The van der Waals surface area contributed by atoms with Crippen LogP contribution in [0.2, 0.25) is 0 Å². The summed E-state index contributed by atoms with van der Waals surface area (Å²) >= 11 is 0. The minimum absolute atomic E-state index is 0.00668. The number of carbonyl (C=O) groups excluding carboxylic acids is 1. The Morgan fingerprint density at radius 1 is 1.22 bits per heavy atom. The molecule has 7 heteroatoms. The van der Waals surface area contributed by atoms with Gasteiger partial charge in [-0.05, 0) is 25.1 Å². The van der Waals surface area contributed by atoms with Gasteiger partial charge in [-0.1, -0.05) is 24.3 Å². The van der Waals surface area contributed by atoms with Crippen LogP contribution in [0.25, 0.3) is 11.0 Å². The first-order valence-electron chi connectivity index (χ1n) is 7.12. The Balaban J connectivity index is 2.00. The number of nitrogens with zero attached hydrogens (tertiary/aromatic N) is 3. The summed E-state index contributed by atoms with van der Waals surface area (Å²) in [6.07, 6.45) is 0. The molecule has 0 spiro atoms. The molecule has 1 N–H and O–H groups in total. The van der Waals surface area contributed by atoms with Crippen LogP contribution in [0.4, 0.5) is 11.6 Å². The summed E-state index contributed by atoms with van der Waals surface area (Å²) in [5, 5.41) is 13.7. The van der Waals surface area contributed by atoms with Crippen LogP contribution in [0.1, 0.15) is 17.3 Å². The van der Waals surface area contributed by atoms with Gasteiger partial charge in [-0.2, -0.15) is 0 Å². The number of anilines is 1. The van der Waals surface area contributed by atoms with Crippen molar-refractivity contribution in [2.45, 2.75) is 13.5 Å². The number of rotatable bonds is 4. The van der Waals surface area contributed by atoms with E-state index in [0.717, 1.165) is 11.0 Å². The molecule has 1 amide bonds. The number of fused-ring (bicyclic) bond motifs is 1. The number of aryl methyl sites for hydroxylation is 1. The van der Waals surface area contributed by atoms with Crippen molar-refractivity contribution in [3.8, 4) is 0 Å². The smallest absolute Gasteiger partial charge is 0.282 e. The highest BCUT2D eigenvalue weighted by Gasteiger charge is 2.21. The molecule has 7 nitrogen and oxygen atoms in total. The zero-order chi connectivity index (χ0) is 16.4. The number of nitro benzene ring substituents is 1. The number of nitro groups is 1. The summed E-state index contributed by atoms with van der Waals surface area (Å²) in [6, 6.07) is 13.4. The number of imidazole rings is 1. The number of nitrogens with one attached hydrogen (secondary N) is 1. The number of carbonyl (C=O) groups is 1. The molecule has 0 aliphatic rings. The number of aromatic nitrogens is 2. The minimum atomic E-state index is -0.572. The molecule has 0 saturated carbocycles. The molecule has 0 aliphatic heterocycles. The van der Waals surface area contributed by atoms with Crippen LogP contribution in [-0.4, -0.2) is 20.4 Å². The molecular weight excluding hydrogens is 296 g/mol. The Bertz CT molecular complexity index is 901. The lowest BCUT2D eigenvalue weighted by Crippen LogP contribution is -2.17. The maximum Gasteiger partial charge on any atom is 0.282 e. The van der Waals surface area contributed by atoms with Crippen LogP contribution in [0.3, 0.4) is 0 Å². The second kappa shape index (κ2) is 5.88. The van der Waals surface area contributed by atoms with Gasteiger partial charge in [-0.15, -0.1) is 0 Å². The van der Waals surface area contributed by atoms with Gasteiger partial charge in [0.2, 0.25) is 5.95 Å². The van der Waals surface area contributed by atoms with Crippen LogP contribution < -0.4 is 5.32 Å². The van der Waals surface area contributed by atoms with Gasteiger partial charge in [0.25, 0.3) is 11.6 Å².